The van der Waals surface area contributed by atoms with Crippen molar-refractivity contribution in [3.63, 3.8) is 0 Å². The van der Waals surface area contributed by atoms with Crippen LogP contribution < -0.4 is 29.8 Å². The van der Waals surface area contributed by atoms with Crippen LogP contribution in [0.25, 0.3) is 0 Å². The Morgan fingerprint density at radius 1 is 1.11 bits per heavy atom. The number of nitrogens with one attached hydrogen (secondary N) is 2. The smallest absolute Gasteiger partial charge is 0.276 e. The van der Waals surface area contributed by atoms with Crippen LogP contribution in [0.2, 0.25) is 0 Å². The van der Waals surface area contributed by atoms with Crippen LogP contribution in [0.1, 0.15) is 10.4 Å². The normalized spacial score (nSPS) is 12.1. The predicted molar refractivity (Wildman–Crippen MR) is 91.5 cm³/mol. The van der Waals surface area contributed by atoms with E-state index in [1.807, 2.05) is 0 Å². The number of methoxy groups -OCH3 is 1. The molecular weight excluding hydrogens is 359 g/mol. The first-order chi connectivity index (χ1) is 13.1. The summed E-state index contributed by atoms with van der Waals surface area (Å²) in [5, 5.41) is 0. The summed E-state index contributed by atoms with van der Waals surface area (Å²) in [4.78, 5) is 24.0. The third kappa shape index (κ3) is 4.38. The van der Waals surface area contributed by atoms with Crippen molar-refractivity contribution in [2.24, 2.45) is 0 Å². The molecule has 0 saturated heterocycles. The molecule has 0 spiro atoms. The van der Waals surface area contributed by atoms with Crippen LogP contribution >= 0.6 is 0 Å². The largest absolute Gasteiger partial charge is 0.493 e. The van der Waals surface area contributed by atoms with Gasteiger partial charge in [0.1, 0.15) is 13.2 Å². The minimum Gasteiger partial charge on any atom is -0.493 e. The lowest BCUT2D eigenvalue weighted by Crippen LogP contribution is -2.43. The number of carbonyl (C=O) groups is 2. The van der Waals surface area contributed by atoms with E-state index in [2.05, 4.69) is 10.9 Å². The number of hydrogen-bond acceptors (Lipinski definition) is 6. The van der Waals surface area contributed by atoms with E-state index in [0.717, 1.165) is 0 Å². The van der Waals surface area contributed by atoms with Crippen LogP contribution in [0.4, 0.5) is 4.39 Å². The van der Waals surface area contributed by atoms with E-state index in [9.17, 15) is 14.0 Å². The number of ether oxygens (including phenoxy) is 4. The summed E-state index contributed by atoms with van der Waals surface area (Å²) >= 11 is 0. The van der Waals surface area contributed by atoms with E-state index in [1.54, 1.807) is 6.07 Å². The van der Waals surface area contributed by atoms with Gasteiger partial charge in [-0.1, -0.05) is 12.1 Å². The Kier molecular flexibility index (Phi) is 5.60. The number of fused-ring (bicyclic) bond motifs is 1. The van der Waals surface area contributed by atoms with E-state index in [4.69, 9.17) is 18.9 Å². The van der Waals surface area contributed by atoms with Gasteiger partial charge in [0.2, 0.25) is 5.75 Å². The van der Waals surface area contributed by atoms with Crippen LogP contribution in [0.15, 0.2) is 36.4 Å². The number of amides is 2. The van der Waals surface area contributed by atoms with Crippen molar-refractivity contribution in [1.29, 1.82) is 0 Å². The monoisotopic (exact) mass is 376 g/mol. The highest BCUT2D eigenvalue weighted by Crippen LogP contribution is 2.40. The number of rotatable bonds is 5. The molecule has 0 radical (unpaired) electrons. The maximum Gasteiger partial charge on any atom is 0.276 e. The molecule has 0 atom stereocenters. The van der Waals surface area contributed by atoms with Gasteiger partial charge >= 0.3 is 0 Å². The third-order valence-corrected chi connectivity index (χ3v) is 3.60. The molecule has 0 unspecified atom stereocenters. The molecular formula is C18H17FN2O6. The molecule has 2 N–H and O–H groups in total. The highest BCUT2D eigenvalue weighted by Gasteiger charge is 2.21. The quantitative estimate of drug-likeness (QED) is 0.767. The highest BCUT2D eigenvalue weighted by atomic mass is 19.1. The molecule has 0 aliphatic carbocycles. The van der Waals surface area contributed by atoms with Gasteiger partial charge in [0.25, 0.3) is 11.8 Å². The maximum absolute atomic E-state index is 13.4. The molecule has 3 rings (SSSR count). The average Bonchev–Trinajstić information content (AvgIpc) is 2.70. The Bertz CT molecular complexity index is 840. The molecule has 1 heterocycles. The molecule has 1 aliphatic rings. The molecule has 8 nitrogen and oxygen atoms in total. The van der Waals surface area contributed by atoms with Crippen LogP contribution in [0.5, 0.6) is 23.0 Å². The minimum atomic E-state index is -0.656. The van der Waals surface area contributed by atoms with Gasteiger partial charge in [0.05, 0.1) is 7.11 Å². The van der Waals surface area contributed by atoms with Crippen LogP contribution in [0, 0.1) is 5.82 Å². The summed E-state index contributed by atoms with van der Waals surface area (Å²) in [6, 6.07) is 8.63. The minimum absolute atomic E-state index is 0.0597. The Morgan fingerprint density at radius 3 is 2.67 bits per heavy atom. The standard InChI is InChI=1S/C18H17FN2O6/c1-24-14-8-11(9-15-17(14)26-7-6-25-15)18(23)21-20-16(22)10-27-13-5-3-2-4-12(13)19/h2-5,8-9H,6-7,10H2,1H3,(H,20,22)(H,21,23). The summed E-state index contributed by atoms with van der Waals surface area (Å²) in [6.07, 6.45) is 0. The molecule has 27 heavy (non-hydrogen) atoms. The van der Waals surface area contributed by atoms with Crippen LogP contribution in [0.3, 0.4) is 0 Å². The molecule has 2 aromatic carbocycles. The SMILES string of the molecule is COc1cc(C(=O)NNC(=O)COc2ccccc2F)cc2c1OCCO2. The number of para-hydroxylation sites is 1. The molecule has 2 aromatic rings. The Hall–Kier alpha value is -3.49. The van der Waals surface area contributed by atoms with Gasteiger partial charge in [0, 0.05) is 5.56 Å². The summed E-state index contributed by atoms with van der Waals surface area (Å²) in [6.45, 7) is 0.268. The molecule has 0 fully saturated rings. The third-order valence-electron chi connectivity index (χ3n) is 3.60. The van der Waals surface area contributed by atoms with Crippen molar-refractivity contribution in [3.05, 3.63) is 47.8 Å². The molecule has 0 saturated carbocycles. The highest BCUT2D eigenvalue weighted by molar-refractivity contribution is 5.96. The summed E-state index contributed by atoms with van der Waals surface area (Å²) < 4.78 is 34.6. The van der Waals surface area contributed by atoms with Gasteiger partial charge in [0.15, 0.2) is 29.7 Å². The molecule has 1 aliphatic heterocycles. The van der Waals surface area contributed by atoms with Gasteiger partial charge in [-0.05, 0) is 24.3 Å². The molecule has 9 heteroatoms. The van der Waals surface area contributed by atoms with Gasteiger partial charge < -0.3 is 18.9 Å². The fourth-order valence-electron chi connectivity index (χ4n) is 2.34. The van der Waals surface area contributed by atoms with E-state index >= 15 is 0 Å². The van der Waals surface area contributed by atoms with Crippen molar-refractivity contribution in [3.8, 4) is 23.0 Å². The second-order valence-electron chi connectivity index (χ2n) is 5.42. The number of hydrogen-bond donors (Lipinski definition) is 2. The molecule has 2 amide bonds. The number of carbonyl (C=O) groups excluding carboxylic acids is 2. The lowest BCUT2D eigenvalue weighted by molar-refractivity contribution is -0.123. The van der Waals surface area contributed by atoms with Crippen molar-refractivity contribution < 1.29 is 32.9 Å². The topological polar surface area (TPSA) is 95.1 Å². The molecule has 142 valence electrons. The Balaban J connectivity index is 1.57. The van der Waals surface area contributed by atoms with E-state index < -0.39 is 24.2 Å². The first kappa shape index (κ1) is 18.3. The summed E-state index contributed by atoms with van der Waals surface area (Å²) in [7, 11) is 1.44. The number of hydrazine groups is 1. The van der Waals surface area contributed by atoms with Gasteiger partial charge in [-0.25, -0.2) is 4.39 Å². The first-order valence-electron chi connectivity index (χ1n) is 8.02. The van der Waals surface area contributed by atoms with Gasteiger partial charge in [-0.3, -0.25) is 20.4 Å². The molecule has 0 aromatic heterocycles. The number of halogens is 1. The van der Waals surface area contributed by atoms with E-state index in [1.165, 1.54) is 37.4 Å². The van der Waals surface area contributed by atoms with Crippen molar-refractivity contribution >= 4 is 11.8 Å². The Morgan fingerprint density at radius 2 is 1.89 bits per heavy atom. The molecule has 0 bridgehead atoms. The average molecular weight is 376 g/mol. The zero-order valence-corrected chi connectivity index (χ0v) is 14.4. The van der Waals surface area contributed by atoms with E-state index in [-0.39, 0.29) is 11.3 Å². The lowest BCUT2D eigenvalue weighted by Gasteiger charge is -2.21. The fourth-order valence-corrected chi connectivity index (χ4v) is 2.34. The number of benzene rings is 2. The van der Waals surface area contributed by atoms with Gasteiger partial charge in [-0.15, -0.1) is 0 Å². The zero-order valence-electron chi connectivity index (χ0n) is 14.4. The van der Waals surface area contributed by atoms with Crippen molar-refractivity contribution in [1.82, 2.24) is 10.9 Å². The van der Waals surface area contributed by atoms with E-state index in [0.29, 0.717) is 30.5 Å². The second-order valence-corrected chi connectivity index (χ2v) is 5.42. The van der Waals surface area contributed by atoms with Crippen molar-refractivity contribution in [2.45, 2.75) is 0 Å². The summed E-state index contributed by atoms with van der Waals surface area (Å²) in [5.41, 5.74) is 4.63. The zero-order chi connectivity index (χ0) is 19.2. The van der Waals surface area contributed by atoms with Gasteiger partial charge in [-0.2, -0.15) is 0 Å². The maximum atomic E-state index is 13.4. The lowest BCUT2D eigenvalue weighted by atomic mass is 10.1. The predicted octanol–water partition coefficient (Wildman–Crippen LogP) is 1.45. The second kappa shape index (κ2) is 8.26. The summed E-state index contributed by atoms with van der Waals surface area (Å²) in [5.74, 6) is -0.761. The van der Waals surface area contributed by atoms with Crippen LogP contribution in [-0.2, 0) is 4.79 Å². The fraction of sp³-hybridized carbons (Fsp3) is 0.222. The Labute approximate surface area is 154 Å². The van der Waals surface area contributed by atoms with Crippen LogP contribution in [-0.4, -0.2) is 38.7 Å². The van der Waals surface area contributed by atoms with Crippen molar-refractivity contribution in [2.75, 3.05) is 26.9 Å². The first-order valence-corrected chi connectivity index (χ1v) is 8.02.